The third-order valence-electron chi connectivity index (χ3n) is 2.96. The molecule has 0 aliphatic heterocycles. The van der Waals surface area contributed by atoms with Crippen LogP contribution in [0.3, 0.4) is 0 Å². The topological polar surface area (TPSA) is 55.1 Å². The fourth-order valence-electron chi connectivity index (χ4n) is 1.77. The fourth-order valence-corrected chi connectivity index (χ4v) is 1.99. The van der Waals surface area contributed by atoms with Crippen molar-refractivity contribution in [3.8, 4) is 0 Å². The number of primary amides is 1. The molecule has 1 amide bonds. The van der Waals surface area contributed by atoms with Gasteiger partial charge in [-0.2, -0.15) is 0 Å². The highest BCUT2D eigenvalue weighted by atomic mass is 35.5. The minimum absolute atomic E-state index is 0.238. The molecule has 2 rings (SSSR count). The van der Waals surface area contributed by atoms with Gasteiger partial charge in [0.15, 0.2) is 0 Å². The molecule has 0 aliphatic carbocycles. The van der Waals surface area contributed by atoms with Gasteiger partial charge in [0, 0.05) is 12.2 Å². The lowest BCUT2D eigenvalue weighted by Gasteiger charge is -2.09. The molecule has 0 radical (unpaired) electrons. The number of hydrogen-bond donors (Lipinski definition) is 2. The van der Waals surface area contributed by atoms with E-state index >= 15 is 0 Å². The smallest absolute Gasteiger partial charge is 0.250 e. The number of nitrogens with one attached hydrogen (secondary N) is 1. The maximum atomic E-state index is 13.4. The predicted octanol–water partition coefficient (Wildman–Crippen LogP) is 3.50. The molecule has 3 N–H and O–H groups in total. The lowest BCUT2D eigenvalue weighted by molar-refractivity contribution is 0.100. The number of nitrogens with two attached hydrogens (primary N) is 1. The SMILES string of the molecule is Cc1ccc(CNc2ccc(Cl)c(C(N)=O)c2)cc1F. The summed E-state index contributed by atoms with van der Waals surface area (Å²) in [4.78, 5) is 11.2. The summed E-state index contributed by atoms with van der Waals surface area (Å²) in [5.74, 6) is -0.821. The zero-order valence-corrected chi connectivity index (χ0v) is 11.7. The van der Waals surface area contributed by atoms with Crippen LogP contribution in [0.15, 0.2) is 36.4 Å². The third kappa shape index (κ3) is 3.27. The maximum absolute atomic E-state index is 13.4. The van der Waals surface area contributed by atoms with E-state index in [1.807, 2.05) is 6.07 Å². The van der Waals surface area contributed by atoms with E-state index in [0.717, 1.165) is 5.56 Å². The van der Waals surface area contributed by atoms with Gasteiger partial charge >= 0.3 is 0 Å². The molecular weight excluding hydrogens is 279 g/mol. The summed E-state index contributed by atoms with van der Waals surface area (Å²) in [5, 5.41) is 3.41. The van der Waals surface area contributed by atoms with E-state index < -0.39 is 5.91 Å². The number of anilines is 1. The average molecular weight is 293 g/mol. The zero-order valence-electron chi connectivity index (χ0n) is 10.9. The van der Waals surface area contributed by atoms with Crippen LogP contribution in [0.2, 0.25) is 5.02 Å². The van der Waals surface area contributed by atoms with Gasteiger partial charge in [-0.3, -0.25) is 4.79 Å². The van der Waals surface area contributed by atoms with Gasteiger partial charge in [-0.15, -0.1) is 0 Å². The van der Waals surface area contributed by atoms with Crippen LogP contribution in [0, 0.1) is 12.7 Å². The number of carbonyl (C=O) groups is 1. The Hall–Kier alpha value is -2.07. The van der Waals surface area contributed by atoms with Crippen LogP contribution in [0.1, 0.15) is 21.5 Å². The number of carbonyl (C=O) groups excluding carboxylic acids is 1. The summed E-state index contributed by atoms with van der Waals surface area (Å²) in [5.41, 5.74) is 7.60. The molecule has 0 atom stereocenters. The van der Waals surface area contributed by atoms with Crippen LogP contribution in [0.5, 0.6) is 0 Å². The normalized spacial score (nSPS) is 10.3. The first-order valence-electron chi connectivity index (χ1n) is 6.05. The van der Waals surface area contributed by atoms with Gasteiger partial charge in [-0.05, 0) is 42.3 Å². The highest BCUT2D eigenvalue weighted by molar-refractivity contribution is 6.33. The molecule has 0 bridgehead atoms. The van der Waals surface area contributed by atoms with Crippen LogP contribution < -0.4 is 11.1 Å². The van der Waals surface area contributed by atoms with Gasteiger partial charge < -0.3 is 11.1 Å². The number of aryl methyl sites for hydroxylation is 1. The molecule has 0 unspecified atom stereocenters. The number of hydrogen-bond acceptors (Lipinski definition) is 2. The van der Waals surface area contributed by atoms with Gasteiger partial charge in [0.2, 0.25) is 5.91 Å². The lowest BCUT2D eigenvalue weighted by atomic mass is 10.1. The van der Waals surface area contributed by atoms with E-state index in [-0.39, 0.29) is 11.4 Å². The Kier molecular flexibility index (Phi) is 4.25. The van der Waals surface area contributed by atoms with Crippen molar-refractivity contribution in [1.29, 1.82) is 0 Å². The van der Waals surface area contributed by atoms with Crippen LogP contribution in [-0.2, 0) is 6.54 Å². The van der Waals surface area contributed by atoms with Gasteiger partial charge in [0.05, 0.1) is 10.6 Å². The molecule has 3 nitrogen and oxygen atoms in total. The fraction of sp³-hybridized carbons (Fsp3) is 0.133. The molecule has 0 aliphatic rings. The van der Waals surface area contributed by atoms with Crippen LogP contribution in [0.25, 0.3) is 0 Å². The summed E-state index contributed by atoms with van der Waals surface area (Å²) in [6, 6.07) is 9.96. The van der Waals surface area contributed by atoms with Crippen molar-refractivity contribution in [3.63, 3.8) is 0 Å². The standard InChI is InChI=1S/C15H14ClFN2O/c1-9-2-3-10(6-14(9)17)8-19-11-4-5-13(16)12(7-11)15(18)20/h2-7,19H,8H2,1H3,(H2,18,20). The first-order valence-corrected chi connectivity index (χ1v) is 6.43. The van der Waals surface area contributed by atoms with Crippen molar-refractivity contribution in [3.05, 3.63) is 63.9 Å². The monoisotopic (exact) mass is 292 g/mol. The summed E-state index contributed by atoms with van der Waals surface area (Å²) >= 11 is 5.87. The second-order valence-electron chi connectivity index (χ2n) is 4.50. The van der Waals surface area contributed by atoms with Crippen molar-refractivity contribution in [1.82, 2.24) is 0 Å². The first-order chi connectivity index (χ1) is 9.47. The van der Waals surface area contributed by atoms with E-state index in [4.69, 9.17) is 17.3 Å². The Morgan fingerprint density at radius 1 is 1.30 bits per heavy atom. The van der Waals surface area contributed by atoms with Crippen LogP contribution in [0.4, 0.5) is 10.1 Å². The van der Waals surface area contributed by atoms with Gasteiger partial charge in [-0.25, -0.2) is 4.39 Å². The predicted molar refractivity (Wildman–Crippen MR) is 78.4 cm³/mol. The van der Waals surface area contributed by atoms with Crippen molar-refractivity contribution in [2.45, 2.75) is 13.5 Å². The van der Waals surface area contributed by atoms with Crippen molar-refractivity contribution in [2.24, 2.45) is 5.73 Å². The van der Waals surface area contributed by atoms with E-state index in [9.17, 15) is 9.18 Å². The number of amides is 1. The Bertz CT molecular complexity index is 658. The Morgan fingerprint density at radius 3 is 2.70 bits per heavy atom. The van der Waals surface area contributed by atoms with Gasteiger partial charge in [0.25, 0.3) is 0 Å². The maximum Gasteiger partial charge on any atom is 0.250 e. The summed E-state index contributed by atoms with van der Waals surface area (Å²) in [6.07, 6.45) is 0. The Balaban J connectivity index is 2.12. The first kappa shape index (κ1) is 14.3. The average Bonchev–Trinajstić information content (AvgIpc) is 2.41. The quantitative estimate of drug-likeness (QED) is 0.906. The van der Waals surface area contributed by atoms with Crippen molar-refractivity contribution in [2.75, 3.05) is 5.32 Å². The van der Waals surface area contributed by atoms with Crippen LogP contribution in [-0.4, -0.2) is 5.91 Å². The largest absolute Gasteiger partial charge is 0.381 e. The van der Waals surface area contributed by atoms with Gasteiger partial charge in [-0.1, -0.05) is 23.7 Å². The highest BCUT2D eigenvalue weighted by Gasteiger charge is 2.07. The molecule has 0 spiro atoms. The number of halogens is 2. The number of benzene rings is 2. The number of rotatable bonds is 4. The molecule has 0 saturated carbocycles. The summed E-state index contributed by atoms with van der Waals surface area (Å²) < 4.78 is 13.4. The molecule has 0 aromatic heterocycles. The zero-order chi connectivity index (χ0) is 14.7. The second-order valence-corrected chi connectivity index (χ2v) is 4.90. The molecule has 0 fully saturated rings. The Morgan fingerprint density at radius 2 is 2.05 bits per heavy atom. The van der Waals surface area contributed by atoms with E-state index in [0.29, 0.717) is 22.8 Å². The minimum atomic E-state index is -0.583. The molecule has 2 aromatic rings. The molecule has 5 heteroatoms. The Labute approximate surface area is 121 Å². The second kappa shape index (κ2) is 5.92. The molecule has 0 saturated heterocycles. The van der Waals surface area contributed by atoms with Crippen molar-refractivity contribution >= 4 is 23.2 Å². The van der Waals surface area contributed by atoms with Crippen molar-refractivity contribution < 1.29 is 9.18 Å². The minimum Gasteiger partial charge on any atom is -0.381 e. The van der Waals surface area contributed by atoms with E-state index in [2.05, 4.69) is 5.32 Å². The third-order valence-corrected chi connectivity index (χ3v) is 3.29. The lowest BCUT2D eigenvalue weighted by Crippen LogP contribution is -2.12. The summed E-state index contributed by atoms with van der Waals surface area (Å²) in [6.45, 7) is 2.15. The molecule has 104 valence electrons. The molecule has 0 heterocycles. The van der Waals surface area contributed by atoms with E-state index in [1.165, 1.54) is 6.07 Å². The highest BCUT2D eigenvalue weighted by Crippen LogP contribution is 2.21. The molecule has 2 aromatic carbocycles. The molecule has 20 heavy (non-hydrogen) atoms. The molecular formula is C15H14ClFN2O. The van der Waals surface area contributed by atoms with Gasteiger partial charge in [0.1, 0.15) is 5.82 Å². The summed E-state index contributed by atoms with van der Waals surface area (Å²) in [7, 11) is 0. The van der Waals surface area contributed by atoms with E-state index in [1.54, 1.807) is 31.2 Å². The van der Waals surface area contributed by atoms with Crippen LogP contribution >= 0.6 is 11.6 Å².